The van der Waals surface area contributed by atoms with Gasteiger partial charge in [-0.15, -0.1) is 0 Å². The van der Waals surface area contributed by atoms with Gasteiger partial charge in [0, 0.05) is 18.9 Å². The molecular formula is C11H15ClN4. The second-order valence-corrected chi connectivity index (χ2v) is 3.97. The third-order valence-electron chi connectivity index (χ3n) is 2.49. The molecule has 0 aliphatic carbocycles. The number of hydrogen-bond acceptors (Lipinski definition) is 2. The third-order valence-corrected chi connectivity index (χ3v) is 2.98. The van der Waals surface area contributed by atoms with Crippen molar-refractivity contribution < 1.29 is 0 Å². The van der Waals surface area contributed by atoms with E-state index in [4.69, 9.17) is 11.6 Å². The van der Waals surface area contributed by atoms with Gasteiger partial charge in [0.05, 0.1) is 23.0 Å². The van der Waals surface area contributed by atoms with E-state index in [1.807, 2.05) is 40.8 Å². The Kier molecular flexibility index (Phi) is 3.19. The summed E-state index contributed by atoms with van der Waals surface area (Å²) in [6, 6.07) is 3.94. The van der Waals surface area contributed by atoms with Crippen LogP contribution in [-0.4, -0.2) is 14.5 Å². The van der Waals surface area contributed by atoms with Crippen LogP contribution in [0.4, 0.5) is 0 Å². The second kappa shape index (κ2) is 4.61. The zero-order chi connectivity index (χ0) is 11.5. The summed E-state index contributed by atoms with van der Waals surface area (Å²) in [4.78, 5) is 0. The van der Waals surface area contributed by atoms with Gasteiger partial charge in [0.25, 0.3) is 0 Å². The summed E-state index contributed by atoms with van der Waals surface area (Å²) >= 11 is 6.20. The molecule has 86 valence electrons. The summed E-state index contributed by atoms with van der Waals surface area (Å²) in [6.45, 7) is 5.48. The van der Waals surface area contributed by atoms with E-state index < -0.39 is 0 Å². The molecule has 0 unspecified atom stereocenters. The topological polar surface area (TPSA) is 34.8 Å². The zero-order valence-electron chi connectivity index (χ0n) is 9.44. The fraction of sp³-hybridized carbons (Fsp3) is 0.364. The van der Waals surface area contributed by atoms with Crippen molar-refractivity contribution in [2.75, 3.05) is 5.43 Å². The average molecular weight is 239 g/mol. The minimum Gasteiger partial charge on any atom is -0.320 e. The highest BCUT2D eigenvalue weighted by Crippen LogP contribution is 2.20. The lowest BCUT2D eigenvalue weighted by atomic mass is 10.3. The fourth-order valence-electron chi connectivity index (χ4n) is 1.64. The summed E-state index contributed by atoms with van der Waals surface area (Å²) < 4.78 is 3.83. The van der Waals surface area contributed by atoms with Crippen molar-refractivity contribution in [3.8, 4) is 0 Å². The lowest BCUT2D eigenvalue weighted by molar-refractivity contribution is 0.614. The second-order valence-electron chi connectivity index (χ2n) is 3.59. The van der Waals surface area contributed by atoms with Crippen molar-refractivity contribution >= 4 is 11.6 Å². The Hall–Kier alpha value is -1.42. The van der Waals surface area contributed by atoms with Gasteiger partial charge in [-0.1, -0.05) is 11.6 Å². The third kappa shape index (κ3) is 2.07. The normalized spacial score (nSPS) is 10.7. The van der Waals surface area contributed by atoms with Crippen LogP contribution < -0.4 is 5.43 Å². The van der Waals surface area contributed by atoms with Gasteiger partial charge >= 0.3 is 0 Å². The summed E-state index contributed by atoms with van der Waals surface area (Å²) in [5, 5.41) is 5.12. The molecule has 5 heteroatoms. The minimum absolute atomic E-state index is 0.669. The van der Waals surface area contributed by atoms with E-state index >= 15 is 0 Å². The molecule has 2 aromatic rings. The number of aryl methyl sites for hydroxylation is 2. The monoisotopic (exact) mass is 238 g/mol. The molecule has 2 aromatic heterocycles. The molecule has 0 spiro atoms. The molecule has 0 bridgehead atoms. The van der Waals surface area contributed by atoms with Crippen LogP contribution in [0.5, 0.6) is 0 Å². The van der Waals surface area contributed by atoms with Crippen LogP contribution in [0.3, 0.4) is 0 Å². The molecule has 0 saturated heterocycles. The molecule has 0 aromatic carbocycles. The van der Waals surface area contributed by atoms with Crippen molar-refractivity contribution in [2.45, 2.75) is 26.9 Å². The van der Waals surface area contributed by atoms with Crippen molar-refractivity contribution in [3.63, 3.8) is 0 Å². The molecule has 0 saturated carbocycles. The van der Waals surface area contributed by atoms with E-state index in [2.05, 4.69) is 17.4 Å². The Morgan fingerprint density at radius 2 is 2.06 bits per heavy atom. The van der Waals surface area contributed by atoms with Gasteiger partial charge in [-0.3, -0.25) is 9.36 Å². The number of nitrogens with one attached hydrogen (secondary N) is 1. The first kappa shape index (κ1) is 11.1. The van der Waals surface area contributed by atoms with E-state index in [1.54, 1.807) is 0 Å². The fourth-order valence-corrected chi connectivity index (χ4v) is 1.85. The molecule has 16 heavy (non-hydrogen) atoms. The van der Waals surface area contributed by atoms with Crippen molar-refractivity contribution in [3.05, 3.63) is 40.9 Å². The maximum absolute atomic E-state index is 6.20. The van der Waals surface area contributed by atoms with Gasteiger partial charge in [-0.2, -0.15) is 5.10 Å². The smallest absolute Gasteiger partial charge is 0.0866 e. The first-order valence-corrected chi connectivity index (χ1v) is 5.68. The molecule has 0 fully saturated rings. The van der Waals surface area contributed by atoms with Gasteiger partial charge < -0.3 is 5.43 Å². The molecule has 0 radical (unpaired) electrons. The molecular weight excluding hydrogens is 224 g/mol. The Morgan fingerprint density at radius 1 is 1.38 bits per heavy atom. The highest BCUT2D eigenvalue weighted by molar-refractivity contribution is 6.31. The van der Waals surface area contributed by atoms with E-state index in [0.717, 1.165) is 23.0 Å². The molecule has 0 aliphatic rings. The van der Waals surface area contributed by atoms with E-state index in [1.165, 1.54) is 0 Å². The molecule has 0 aliphatic heterocycles. The molecule has 2 rings (SSSR count). The Bertz CT molecular complexity index is 459. The SMILES string of the molecule is CCn1nc(C)c(Cl)c1CNn1cccc1. The number of aromatic nitrogens is 3. The Labute approximate surface area is 99.8 Å². The highest BCUT2D eigenvalue weighted by Gasteiger charge is 2.11. The zero-order valence-corrected chi connectivity index (χ0v) is 10.2. The van der Waals surface area contributed by atoms with Gasteiger partial charge in [0.2, 0.25) is 0 Å². The largest absolute Gasteiger partial charge is 0.320 e. The van der Waals surface area contributed by atoms with E-state index in [-0.39, 0.29) is 0 Å². The summed E-state index contributed by atoms with van der Waals surface area (Å²) in [5.74, 6) is 0. The maximum atomic E-state index is 6.20. The van der Waals surface area contributed by atoms with Crippen molar-refractivity contribution in [1.82, 2.24) is 14.5 Å². The molecule has 0 amide bonds. The quantitative estimate of drug-likeness (QED) is 0.888. The summed E-state index contributed by atoms with van der Waals surface area (Å²) in [6.07, 6.45) is 3.90. The lowest BCUT2D eigenvalue weighted by Crippen LogP contribution is -2.15. The average Bonchev–Trinajstić information content (AvgIpc) is 2.87. The van der Waals surface area contributed by atoms with Crippen molar-refractivity contribution in [1.29, 1.82) is 0 Å². The number of rotatable bonds is 4. The van der Waals surface area contributed by atoms with Crippen LogP contribution in [0, 0.1) is 6.92 Å². The standard InChI is InChI=1S/C11H15ClN4/c1-3-16-10(11(12)9(2)14-16)8-13-15-6-4-5-7-15/h4-7,13H,3,8H2,1-2H3. The van der Waals surface area contributed by atoms with Crippen LogP contribution in [0.25, 0.3) is 0 Å². The van der Waals surface area contributed by atoms with Gasteiger partial charge in [0.1, 0.15) is 0 Å². The van der Waals surface area contributed by atoms with Crippen LogP contribution in [-0.2, 0) is 13.1 Å². The molecule has 1 N–H and O–H groups in total. The first-order valence-electron chi connectivity index (χ1n) is 5.31. The minimum atomic E-state index is 0.669. The van der Waals surface area contributed by atoms with Crippen molar-refractivity contribution in [2.24, 2.45) is 0 Å². The Balaban J connectivity index is 2.14. The molecule has 2 heterocycles. The van der Waals surface area contributed by atoms with Gasteiger partial charge in [-0.05, 0) is 26.0 Å². The number of hydrogen-bond donors (Lipinski definition) is 1. The molecule has 0 atom stereocenters. The van der Waals surface area contributed by atoms with Crippen LogP contribution in [0.15, 0.2) is 24.5 Å². The number of halogens is 1. The number of nitrogens with zero attached hydrogens (tertiary/aromatic N) is 3. The van der Waals surface area contributed by atoms with Gasteiger partial charge in [0.15, 0.2) is 0 Å². The summed E-state index contributed by atoms with van der Waals surface area (Å²) in [5.41, 5.74) is 5.15. The Morgan fingerprint density at radius 3 is 2.69 bits per heavy atom. The maximum Gasteiger partial charge on any atom is 0.0866 e. The predicted octanol–water partition coefficient (Wildman–Crippen LogP) is 2.41. The summed E-state index contributed by atoms with van der Waals surface area (Å²) in [7, 11) is 0. The van der Waals surface area contributed by atoms with Crippen LogP contribution >= 0.6 is 11.6 Å². The highest BCUT2D eigenvalue weighted by atomic mass is 35.5. The predicted molar refractivity (Wildman–Crippen MR) is 65.1 cm³/mol. The molecule has 4 nitrogen and oxygen atoms in total. The van der Waals surface area contributed by atoms with E-state index in [0.29, 0.717) is 6.54 Å². The van der Waals surface area contributed by atoms with E-state index in [9.17, 15) is 0 Å². The first-order chi connectivity index (χ1) is 7.72. The lowest BCUT2D eigenvalue weighted by Gasteiger charge is -2.09. The van der Waals surface area contributed by atoms with Crippen LogP contribution in [0.2, 0.25) is 5.02 Å². The van der Waals surface area contributed by atoms with Gasteiger partial charge in [-0.25, -0.2) is 0 Å². The van der Waals surface area contributed by atoms with Crippen LogP contribution in [0.1, 0.15) is 18.3 Å².